The Bertz CT molecular complexity index is 720. The van der Waals surface area contributed by atoms with Gasteiger partial charge >= 0.3 is 0 Å². The van der Waals surface area contributed by atoms with E-state index in [-0.39, 0.29) is 0 Å². The molecule has 1 aliphatic rings. The molecule has 1 aromatic carbocycles. The van der Waals surface area contributed by atoms with Crippen LogP contribution in [0.3, 0.4) is 0 Å². The highest BCUT2D eigenvalue weighted by atomic mass is 32.1. The van der Waals surface area contributed by atoms with Crippen molar-refractivity contribution in [2.75, 3.05) is 7.05 Å². The molecular weight excluding hydrogens is 316 g/mol. The number of aryl methyl sites for hydroxylation is 1. The molecule has 1 saturated carbocycles. The van der Waals surface area contributed by atoms with E-state index >= 15 is 0 Å². The predicted octanol–water partition coefficient (Wildman–Crippen LogP) is 3.80. The van der Waals surface area contributed by atoms with Crippen molar-refractivity contribution in [3.8, 4) is 0 Å². The van der Waals surface area contributed by atoms with Gasteiger partial charge in [0.15, 0.2) is 5.96 Å². The van der Waals surface area contributed by atoms with Crippen LogP contribution in [0.1, 0.15) is 53.9 Å². The molecule has 24 heavy (non-hydrogen) atoms. The average Bonchev–Trinajstić information content (AvgIpc) is 3.15. The van der Waals surface area contributed by atoms with E-state index in [4.69, 9.17) is 0 Å². The number of aromatic nitrogens is 1. The summed E-state index contributed by atoms with van der Waals surface area (Å²) in [4.78, 5) is 9.01. The minimum Gasteiger partial charge on any atom is -0.353 e. The summed E-state index contributed by atoms with van der Waals surface area (Å²) < 4.78 is 0. The van der Waals surface area contributed by atoms with Gasteiger partial charge < -0.3 is 10.6 Å². The largest absolute Gasteiger partial charge is 0.353 e. The first-order chi connectivity index (χ1) is 11.6. The van der Waals surface area contributed by atoms with Gasteiger partial charge in [-0.05, 0) is 30.4 Å². The molecule has 1 aliphatic carbocycles. The summed E-state index contributed by atoms with van der Waals surface area (Å²) in [5.41, 5.74) is 3.99. The highest BCUT2D eigenvalue weighted by molar-refractivity contribution is 7.09. The predicted molar refractivity (Wildman–Crippen MR) is 102 cm³/mol. The maximum atomic E-state index is 4.66. The molecule has 2 aromatic rings. The van der Waals surface area contributed by atoms with Gasteiger partial charge in [0, 0.05) is 24.4 Å². The Morgan fingerprint density at radius 2 is 2.17 bits per heavy atom. The monoisotopic (exact) mass is 342 g/mol. The second kappa shape index (κ2) is 7.34. The first-order valence-corrected chi connectivity index (χ1v) is 9.43. The van der Waals surface area contributed by atoms with Crippen LogP contribution < -0.4 is 10.6 Å². The second-order valence-corrected chi connectivity index (χ2v) is 7.64. The zero-order valence-corrected chi connectivity index (χ0v) is 15.7. The number of nitrogens with one attached hydrogen (secondary N) is 2. The number of aliphatic imine (C=N–C) groups is 1. The van der Waals surface area contributed by atoms with E-state index < -0.39 is 0 Å². The Morgan fingerprint density at radius 1 is 1.38 bits per heavy atom. The first-order valence-electron chi connectivity index (χ1n) is 8.55. The molecule has 1 heterocycles. The summed E-state index contributed by atoms with van der Waals surface area (Å²) in [6.45, 7) is 7.25. The Morgan fingerprint density at radius 3 is 2.83 bits per heavy atom. The zero-order chi connectivity index (χ0) is 17.1. The number of guanidine groups is 1. The van der Waals surface area contributed by atoms with Crippen molar-refractivity contribution in [2.24, 2.45) is 4.99 Å². The fourth-order valence-electron chi connectivity index (χ4n) is 2.90. The lowest BCUT2D eigenvalue weighted by Crippen LogP contribution is -2.38. The Hall–Kier alpha value is -1.88. The molecule has 5 heteroatoms. The van der Waals surface area contributed by atoms with E-state index in [2.05, 4.69) is 71.0 Å². The van der Waals surface area contributed by atoms with Crippen LogP contribution in [-0.2, 0) is 6.54 Å². The summed E-state index contributed by atoms with van der Waals surface area (Å²) in [6.07, 6.45) is 1.17. The summed E-state index contributed by atoms with van der Waals surface area (Å²) in [6, 6.07) is 9.12. The molecule has 0 saturated heterocycles. The van der Waals surface area contributed by atoms with Crippen molar-refractivity contribution >= 4 is 17.3 Å². The summed E-state index contributed by atoms with van der Waals surface area (Å²) in [5, 5.41) is 10.2. The Balaban J connectivity index is 1.52. The smallest absolute Gasteiger partial charge is 0.191 e. The number of hydrogen-bond acceptors (Lipinski definition) is 3. The van der Waals surface area contributed by atoms with Crippen LogP contribution >= 0.6 is 11.3 Å². The first kappa shape index (κ1) is 17.0. The van der Waals surface area contributed by atoms with Crippen molar-refractivity contribution in [1.29, 1.82) is 0 Å². The molecule has 2 unspecified atom stereocenters. The fraction of sp³-hybridized carbons (Fsp3) is 0.474. The van der Waals surface area contributed by atoms with Crippen molar-refractivity contribution in [1.82, 2.24) is 15.6 Å². The summed E-state index contributed by atoms with van der Waals surface area (Å²) >= 11 is 1.71. The van der Waals surface area contributed by atoms with Crippen LogP contribution in [0, 0.1) is 6.92 Å². The normalized spacial score (nSPS) is 20.3. The number of rotatable bonds is 5. The molecule has 0 aliphatic heterocycles. The van der Waals surface area contributed by atoms with Gasteiger partial charge in [-0.3, -0.25) is 4.99 Å². The Labute approximate surface area is 148 Å². The van der Waals surface area contributed by atoms with Crippen LogP contribution in [0.15, 0.2) is 34.6 Å². The summed E-state index contributed by atoms with van der Waals surface area (Å²) in [5.74, 6) is 1.93. The molecule has 1 aromatic heterocycles. The lowest BCUT2D eigenvalue weighted by Gasteiger charge is -2.11. The van der Waals surface area contributed by atoms with Crippen molar-refractivity contribution in [3.05, 3.63) is 51.5 Å². The lowest BCUT2D eigenvalue weighted by atomic mass is 10.0. The minimum absolute atomic E-state index is 0.472. The average molecular weight is 343 g/mol. The lowest BCUT2D eigenvalue weighted by molar-refractivity contribution is 0.774. The molecule has 0 radical (unpaired) electrons. The third-order valence-electron chi connectivity index (χ3n) is 4.49. The quantitative estimate of drug-likeness (QED) is 0.642. The van der Waals surface area contributed by atoms with Gasteiger partial charge in [-0.2, -0.15) is 0 Å². The second-order valence-electron chi connectivity index (χ2n) is 6.70. The molecule has 2 N–H and O–H groups in total. The van der Waals surface area contributed by atoms with E-state index in [0.717, 1.165) is 17.5 Å². The zero-order valence-electron chi connectivity index (χ0n) is 14.8. The molecule has 2 atom stereocenters. The van der Waals surface area contributed by atoms with Gasteiger partial charge in [-0.1, -0.05) is 38.1 Å². The van der Waals surface area contributed by atoms with Gasteiger partial charge in [0.25, 0.3) is 0 Å². The van der Waals surface area contributed by atoms with E-state index in [1.54, 1.807) is 11.3 Å². The fourth-order valence-corrected chi connectivity index (χ4v) is 3.80. The van der Waals surface area contributed by atoms with Crippen LogP contribution in [0.25, 0.3) is 0 Å². The van der Waals surface area contributed by atoms with E-state index in [0.29, 0.717) is 17.9 Å². The van der Waals surface area contributed by atoms with Crippen molar-refractivity contribution in [2.45, 2.75) is 51.6 Å². The van der Waals surface area contributed by atoms with Gasteiger partial charge in [0.05, 0.1) is 12.2 Å². The molecule has 4 nitrogen and oxygen atoms in total. The van der Waals surface area contributed by atoms with Gasteiger partial charge in [-0.15, -0.1) is 11.3 Å². The highest BCUT2D eigenvalue weighted by Gasteiger charge is 2.39. The molecule has 0 spiro atoms. The summed E-state index contributed by atoms with van der Waals surface area (Å²) in [7, 11) is 1.82. The molecule has 0 bridgehead atoms. The van der Waals surface area contributed by atoms with E-state index in [9.17, 15) is 0 Å². The molecule has 128 valence electrons. The Kier molecular flexibility index (Phi) is 5.19. The van der Waals surface area contributed by atoms with Crippen LogP contribution in [0.5, 0.6) is 0 Å². The van der Waals surface area contributed by atoms with E-state index in [1.807, 2.05) is 7.05 Å². The molecule has 0 amide bonds. The van der Waals surface area contributed by atoms with Crippen LogP contribution in [0.2, 0.25) is 0 Å². The van der Waals surface area contributed by atoms with Crippen LogP contribution in [0.4, 0.5) is 0 Å². The van der Waals surface area contributed by atoms with Crippen molar-refractivity contribution < 1.29 is 0 Å². The van der Waals surface area contributed by atoms with Gasteiger partial charge in [-0.25, -0.2) is 4.98 Å². The third-order valence-corrected chi connectivity index (χ3v) is 5.36. The van der Waals surface area contributed by atoms with Gasteiger partial charge in [0.2, 0.25) is 0 Å². The van der Waals surface area contributed by atoms with Crippen LogP contribution in [-0.4, -0.2) is 24.0 Å². The topological polar surface area (TPSA) is 49.3 Å². The number of hydrogen-bond donors (Lipinski definition) is 2. The van der Waals surface area contributed by atoms with Gasteiger partial charge in [0.1, 0.15) is 5.01 Å². The van der Waals surface area contributed by atoms with Crippen molar-refractivity contribution in [3.63, 3.8) is 0 Å². The molecule has 1 fully saturated rings. The molecular formula is C19H26N4S. The molecule has 3 rings (SSSR count). The SMILES string of the molecule is CN=C(NCc1nc(C(C)C)cs1)NC1CC1c1ccccc1C. The maximum Gasteiger partial charge on any atom is 0.191 e. The number of thiazole rings is 1. The third kappa shape index (κ3) is 3.96. The minimum atomic E-state index is 0.472. The maximum absolute atomic E-state index is 4.66. The number of benzene rings is 1. The highest BCUT2D eigenvalue weighted by Crippen LogP contribution is 2.42. The van der Waals surface area contributed by atoms with E-state index in [1.165, 1.54) is 23.2 Å². The standard InChI is InChI=1S/C19H26N4S/c1-12(2)17-11-24-18(22-17)10-21-19(20-4)23-16-9-15(16)14-8-6-5-7-13(14)3/h5-8,11-12,15-16H,9-10H2,1-4H3,(H2,20,21,23). The number of nitrogens with zero attached hydrogens (tertiary/aromatic N) is 2.